The number of ether oxygens (including phenoxy) is 1. The average Bonchev–Trinajstić information content (AvgIpc) is 3.15. The Morgan fingerprint density at radius 2 is 1.86 bits per heavy atom. The fourth-order valence-electron chi connectivity index (χ4n) is 2.25. The van der Waals surface area contributed by atoms with Crippen LogP contribution in [-0.2, 0) is 4.79 Å². The molecule has 0 aliphatic rings. The van der Waals surface area contributed by atoms with Gasteiger partial charge in [0.25, 0.3) is 5.91 Å². The van der Waals surface area contributed by atoms with Crippen LogP contribution >= 0.6 is 34.7 Å². The zero-order valence-electron chi connectivity index (χ0n) is 14.8. The van der Waals surface area contributed by atoms with Crippen molar-refractivity contribution in [2.24, 2.45) is 0 Å². The number of methoxy groups -OCH3 is 1. The van der Waals surface area contributed by atoms with Crippen molar-refractivity contribution in [2.45, 2.75) is 9.10 Å². The highest BCUT2D eigenvalue weighted by Gasteiger charge is 2.11. The van der Waals surface area contributed by atoms with Gasteiger partial charge < -0.3 is 10.1 Å². The van der Waals surface area contributed by atoms with Gasteiger partial charge in [-0.15, -0.1) is 11.3 Å². The standard InChI is InChI=1S/C21H15ClN2O2S2/c1-26-17-6-4-16(5-7-17)24-21(25)14(13-23)12-19-10-11-20(28-19)27-18-8-2-15(22)3-9-18/h2-12H,1H3,(H,24,25)/b14-12-. The first-order chi connectivity index (χ1) is 13.6. The van der Waals surface area contributed by atoms with Crippen molar-refractivity contribution in [3.05, 3.63) is 76.1 Å². The van der Waals surface area contributed by atoms with Gasteiger partial charge in [0.2, 0.25) is 0 Å². The highest BCUT2D eigenvalue weighted by molar-refractivity contribution is 8.01. The lowest BCUT2D eigenvalue weighted by Gasteiger charge is -2.05. The number of nitriles is 1. The minimum atomic E-state index is -0.451. The molecule has 0 saturated carbocycles. The fraction of sp³-hybridized carbons (Fsp3) is 0.0476. The molecule has 0 spiro atoms. The van der Waals surface area contributed by atoms with Crippen LogP contribution in [0.15, 0.2) is 75.3 Å². The summed E-state index contributed by atoms with van der Waals surface area (Å²) >= 11 is 9.02. The molecule has 0 fully saturated rings. The first-order valence-electron chi connectivity index (χ1n) is 8.18. The van der Waals surface area contributed by atoms with E-state index in [0.717, 1.165) is 14.0 Å². The van der Waals surface area contributed by atoms with Gasteiger partial charge in [-0.1, -0.05) is 23.4 Å². The highest BCUT2D eigenvalue weighted by Crippen LogP contribution is 2.34. The van der Waals surface area contributed by atoms with E-state index in [4.69, 9.17) is 16.3 Å². The maximum absolute atomic E-state index is 12.4. The fourth-order valence-corrected chi connectivity index (χ4v) is 4.44. The number of halogens is 1. The summed E-state index contributed by atoms with van der Waals surface area (Å²) in [6, 6.07) is 20.3. The van der Waals surface area contributed by atoms with Crippen LogP contribution in [0.1, 0.15) is 4.88 Å². The van der Waals surface area contributed by atoms with Crippen molar-refractivity contribution in [2.75, 3.05) is 12.4 Å². The molecular formula is C21H15ClN2O2S2. The van der Waals surface area contributed by atoms with E-state index in [2.05, 4.69) is 5.32 Å². The van der Waals surface area contributed by atoms with E-state index < -0.39 is 5.91 Å². The van der Waals surface area contributed by atoms with Gasteiger partial charge in [-0.05, 0) is 66.7 Å². The third-order valence-corrected chi connectivity index (χ3v) is 6.06. The molecule has 2 aromatic carbocycles. The van der Waals surface area contributed by atoms with Crippen molar-refractivity contribution >= 4 is 52.4 Å². The Bertz CT molecular complexity index is 1040. The predicted molar refractivity (Wildman–Crippen MR) is 115 cm³/mol. The Hall–Kier alpha value is -2.72. The van der Waals surface area contributed by atoms with E-state index >= 15 is 0 Å². The van der Waals surface area contributed by atoms with Crippen molar-refractivity contribution in [3.63, 3.8) is 0 Å². The molecule has 140 valence electrons. The normalized spacial score (nSPS) is 11.0. The number of anilines is 1. The van der Waals surface area contributed by atoms with Gasteiger partial charge in [-0.25, -0.2) is 0 Å². The number of amides is 1. The van der Waals surface area contributed by atoms with Gasteiger partial charge in [0, 0.05) is 20.5 Å². The summed E-state index contributed by atoms with van der Waals surface area (Å²) in [6.45, 7) is 0. The number of thiophene rings is 1. The molecule has 1 aromatic heterocycles. The molecular weight excluding hydrogens is 412 g/mol. The molecule has 1 N–H and O–H groups in total. The minimum Gasteiger partial charge on any atom is -0.497 e. The maximum Gasteiger partial charge on any atom is 0.266 e. The Kier molecular flexibility index (Phi) is 6.77. The lowest BCUT2D eigenvalue weighted by molar-refractivity contribution is -0.112. The van der Waals surface area contributed by atoms with Crippen molar-refractivity contribution in [1.82, 2.24) is 0 Å². The third-order valence-electron chi connectivity index (χ3n) is 3.63. The summed E-state index contributed by atoms with van der Waals surface area (Å²) in [6.07, 6.45) is 1.59. The number of rotatable bonds is 6. The van der Waals surface area contributed by atoms with Crippen LogP contribution in [0.25, 0.3) is 6.08 Å². The Morgan fingerprint density at radius 3 is 2.50 bits per heavy atom. The molecule has 0 aliphatic carbocycles. The van der Waals surface area contributed by atoms with Crippen LogP contribution in [0.3, 0.4) is 0 Å². The molecule has 0 aliphatic heterocycles. The van der Waals surface area contributed by atoms with Gasteiger partial charge in [0.05, 0.1) is 11.3 Å². The van der Waals surface area contributed by atoms with Gasteiger partial charge in [0.15, 0.2) is 0 Å². The Balaban J connectivity index is 1.69. The van der Waals surface area contributed by atoms with Crippen LogP contribution < -0.4 is 10.1 Å². The molecule has 28 heavy (non-hydrogen) atoms. The minimum absolute atomic E-state index is 0.0423. The summed E-state index contributed by atoms with van der Waals surface area (Å²) < 4.78 is 6.15. The second kappa shape index (κ2) is 9.47. The van der Waals surface area contributed by atoms with Gasteiger partial charge in [0.1, 0.15) is 17.4 Å². The molecule has 0 saturated heterocycles. The molecule has 1 heterocycles. The SMILES string of the molecule is COc1ccc(NC(=O)/C(C#N)=C\c2ccc(Sc3ccc(Cl)cc3)s2)cc1. The van der Waals surface area contributed by atoms with Crippen LogP contribution in [0.2, 0.25) is 5.02 Å². The molecule has 3 aromatic rings. The van der Waals surface area contributed by atoms with Crippen molar-refractivity contribution in [1.29, 1.82) is 5.26 Å². The average molecular weight is 427 g/mol. The first kappa shape index (κ1) is 20.0. The largest absolute Gasteiger partial charge is 0.497 e. The summed E-state index contributed by atoms with van der Waals surface area (Å²) in [5.74, 6) is 0.242. The Labute approximate surface area is 176 Å². The maximum atomic E-state index is 12.4. The van der Waals surface area contributed by atoms with E-state index in [0.29, 0.717) is 16.5 Å². The molecule has 0 atom stereocenters. The number of carbonyl (C=O) groups is 1. The second-order valence-corrected chi connectivity index (χ2v) is 8.49. The molecule has 1 amide bonds. The smallest absolute Gasteiger partial charge is 0.266 e. The summed E-state index contributed by atoms with van der Waals surface area (Å²) in [5, 5.41) is 12.8. The zero-order valence-corrected chi connectivity index (χ0v) is 17.2. The number of hydrogen-bond donors (Lipinski definition) is 1. The number of carbonyl (C=O) groups excluding carboxylic acids is 1. The highest BCUT2D eigenvalue weighted by atomic mass is 35.5. The third kappa shape index (κ3) is 5.40. The lowest BCUT2D eigenvalue weighted by atomic mass is 10.2. The van der Waals surface area contributed by atoms with E-state index in [1.807, 2.05) is 42.5 Å². The molecule has 0 unspecified atom stereocenters. The van der Waals surface area contributed by atoms with Gasteiger partial charge >= 0.3 is 0 Å². The first-order valence-corrected chi connectivity index (χ1v) is 10.2. The van der Waals surface area contributed by atoms with E-state index in [1.54, 1.807) is 49.2 Å². The monoisotopic (exact) mass is 426 g/mol. The predicted octanol–water partition coefficient (Wildman–Crippen LogP) is 6.11. The number of nitrogens with zero attached hydrogens (tertiary/aromatic N) is 1. The summed E-state index contributed by atoms with van der Waals surface area (Å²) in [7, 11) is 1.57. The lowest BCUT2D eigenvalue weighted by Crippen LogP contribution is -2.13. The van der Waals surface area contributed by atoms with Crippen LogP contribution in [0.4, 0.5) is 5.69 Å². The summed E-state index contributed by atoms with van der Waals surface area (Å²) in [5.41, 5.74) is 0.637. The second-order valence-electron chi connectivity index (χ2n) is 5.57. The molecule has 4 nitrogen and oxygen atoms in total. The number of nitrogens with one attached hydrogen (secondary N) is 1. The number of benzene rings is 2. The van der Waals surface area contributed by atoms with E-state index in [-0.39, 0.29) is 5.57 Å². The van der Waals surface area contributed by atoms with Crippen LogP contribution in [0.5, 0.6) is 5.75 Å². The zero-order chi connectivity index (χ0) is 19.9. The van der Waals surface area contributed by atoms with Crippen molar-refractivity contribution < 1.29 is 9.53 Å². The van der Waals surface area contributed by atoms with E-state index in [1.165, 1.54) is 11.3 Å². The quantitative estimate of drug-likeness (QED) is 0.381. The van der Waals surface area contributed by atoms with Crippen LogP contribution in [0, 0.1) is 11.3 Å². The molecule has 0 bridgehead atoms. The molecule has 7 heteroatoms. The van der Waals surface area contributed by atoms with Crippen molar-refractivity contribution in [3.8, 4) is 11.8 Å². The molecule has 0 radical (unpaired) electrons. The Morgan fingerprint density at radius 1 is 1.14 bits per heavy atom. The van der Waals surface area contributed by atoms with Crippen LogP contribution in [-0.4, -0.2) is 13.0 Å². The van der Waals surface area contributed by atoms with Gasteiger partial charge in [-0.3, -0.25) is 4.79 Å². The topological polar surface area (TPSA) is 62.1 Å². The van der Waals surface area contributed by atoms with Gasteiger partial charge in [-0.2, -0.15) is 5.26 Å². The molecule has 3 rings (SSSR count). The van der Waals surface area contributed by atoms with E-state index in [9.17, 15) is 10.1 Å². The number of hydrogen-bond acceptors (Lipinski definition) is 5. The summed E-state index contributed by atoms with van der Waals surface area (Å²) in [4.78, 5) is 14.3.